The highest BCUT2D eigenvalue weighted by Crippen LogP contribution is 2.16. The summed E-state index contributed by atoms with van der Waals surface area (Å²) in [7, 11) is 6.00. The highest BCUT2D eigenvalue weighted by Gasteiger charge is 2.06. The lowest BCUT2D eigenvalue weighted by atomic mass is 10.1. The fourth-order valence-corrected chi connectivity index (χ4v) is 2.53. The molecule has 1 rings (SSSR count). The van der Waals surface area contributed by atoms with Crippen molar-refractivity contribution in [2.24, 2.45) is 4.99 Å². The van der Waals surface area contributed by atoms with E-state index in [9.17, 15) is 0 Å². The Morgan fingerprint density at radius 3 is 2.70 bits per heavy atom. The summed E-state index contributed by atoms with van der Waals surface area (Å²) in [5, 5.41) is 11.0. The molecule has 6 heteroatoms. The Labute approximate surface area is 144 Å². The van der Waals surface area contributed by atoms with Crippen molar-refractivity contribution in [2.45, 2.75) is 19.3 Å². The number of aliphatic imine (C=N–C) groups is 1. The molecule has 0 amide bonds. The SMILES string of the molecule is CN=C(NCCCN(C)C)NCC(C)c1ccsc1.I. The van der Waals surface area contributed by atoms with Crippen molar-refractivity contribution in [1.29, 1.82) is 0 Å². The molecule has 1 atom stereocenters. The Kier molecular flexibility index (Phi) is 11.1. The molecular formula is C14H27IN4S. The lowest BCUT2D eigenvalue weighted by molar-refractivity contribution is 0.399. The van der Waals surface area contributed by atoms with E-state index >= 15 is 0 Å². The molecule has 0 aliphatic heterocycles. The summed E-state index contributed by atoms with van der Waals surface area (Å²) in [4.78, 5) is 6.43. The zero-order valence-corrected chi connectivity index (χ0v) is 16.0. The van der Waals surface area contributed by atoms with Gasteiger partial charge in [0.2, 0.25) is 0 Å². The topological polar surface area (TPSA) is 39.7 Å². The number of hydrogen-bond acceptors (Lipinski definition) is 3. The van der Waals surface area contributed by atoms with Gasteiger partial charge in [-0.3, -0.25) is 4.99 Å². The molecule has 0 aliphatic carbocycles. The first-order chi connectivity index (χ1) is 9.13. The molecule has 0 spiro atoms. The molecule has 20 heavy (non-hydrogen) atoms. The summed E-state index contributed by atoms with van der Waals surface area (Å²) in [6, 6.07) is 2.18. The molecule has 1 aromatic rings. The maximum absolute atomic E-state index is 4.24. The number of hydrogen-bond donors (Lipinski definition) is 2. The van der Waals surface area contributed by atoms with Crippen LogP contribution in [0, 0.1) is 0 Å². The Balaban J connectivity index is 0.00000361. The highest BCUT2D eigenvalue weighted by atomic mass is 127. The van der Waals surface area contributed by atoms with E-state index in [1.165, 1.54) is 5.56 Å². The molecule has 0 bridgehead atoms. The second-order valence-corrected chi connectivity index (χ2v) is 5.77. The van der Waals surface area contributed by atoms with E-state index < -0.39 is 0 Å². The van der Waals surface area contributed by atoms with Crippen molar-refractivity contribution in [2.75, 3.05) is 40.8 Å². The monoisotopic (exact) mass is 410 g/mol. The Morgan fingerprint density at radius 1 is 1.40 bits per heavy atom. The van der Waals surface area contributed by atoms with Crippen LogP contribution in [0.5, 0.6) is 0 Å². The van der Waals surface area contributed by atoms with E-state index in [0.29, 0.717) is 5.92 Å². The predicted octanol–water partition coefficient (Wildman–Crippen LogP) is 2.59. The van der Waals surface area contributed by atoms with E-state index in [1.54, 1.807) is 11.3 Å². The first-order valence-electron chi connectivity index (χ1n) is 6.74. The molecule has 0 radical (unpaired) electrons. The van der Waals surface area contributed by atoms with Crippen LogP contribution < -0.4 is 10.6 Å². The minimum atomic E-state index is 0. The van der Waals surface area contributed by atoms with Crippen LogP contribution >= 0.6 is 35.3 Å². The van der Waals surface area contributed by atoms with Crippen molar-refractivity contribution in [1.82, 2.24) is 15.5 Å². The number of guanidine groups is 1. The van der Waals surface area contributed by atoms with Crippen LogP contribution in [0.15, 0.2) is 21.8 Å². The minimum Gasteiger partial charge on any atom is -0.356 e. The molecule has 0 aliphatic rings. The zero-order valence-electron chi connectivity index (χ0n) is 12.8. The molecule has 1 aromatic heterocycles. The van der Waals surface area contributed by atoms with Gasteiger partial charge in [-0.25, -0.2) is 0 Å². The average molecular weight is 410 g/mol. The van der Waals surface area contributed by atoms with E-state index in [-0.39, 0.29) is 24.0 Å². The van der Waals surface area contributed by atoms with Crippen molar-refractivity contribution in [3.63, 3.8) is 0 Å². The van der Waals surface area contributed by atoms with Gasteiger partial charge in [-0.1, -0.05) is 6.92 Å². The third kappa shape index (κ3) is 8.06. The number of nitrogens with zero attached hydrogens (tertiary/aromatic N) is 2. The van der Waals surface area contributed by atoms with E-state index in [1.807, 2.05) is 7.05 Å². The minimum absolute atomic E-state index is 0. The van der Waals surface area contributed by atoms with Gasteiger partial charge in [0.25, 0.3) is 0 Å². The Bertz CT molecular complexity index is 365. The van der Waals surface area contributed by atoms with Crippen LogP contribution in [-0.2, 0) is 0 Å². The summed E-state index contributed by atoms with van der Waals surface area (Å²) in [6.07, 6.45) is 1.12. The van der Waals surface area contributed by atoms with Crippen LogP contribution in [0.4, 0.5) is 0 Å². The number of nitrogens with one attached hydrogen (secondary N) is 2. The Hall–Kier alpha value is -0.340. The summed E-state index contributed by atoms with van der Waals surface area (Å²) in [6.45, 7) is 5.18. The molecule has 1 heterocycles. The normalized spacial score (nSPS) is 12.9. The predicted molar refractivity (Wildman–Crippen MR) is 101 cm³/mol. The molecule has 116 valence electrons. The number of rotatable bonds is 7. The van der Waals surface area contributed by atoms with E-state index in [4.69, 9.17) is 0 Å². The average Bonchev–Trinajstić information content (AvgIpc) is 2.91. The first-order valence-corrected chi connectivity index (χ1v) is 7.69. The van der Waals surface area contributed by atoms with Gasteiger partial charge in [0.1, 0.15) is 0 Å². The van der Waals surface area contributed by atoms with Gasteiger partial charge < -0.3 is 15.5 Å². The second-order valence-electron chi connectivity index (χ2n) is 4.99. The second kappa shape index (κ2) is 11.3. The third-order valence-electron chi connectivity index (χ3n) is 2.99. The van der Waals surface area contributed by atoms with E-state index in [0.717, 1.165) is 32.0 Å². The molecule has 0 aromatic carbocycles. The molecule has 0 saturated carbocycles. The fraction of sp³-hybridized carbons (Fsp3) is 0.643. The van der Waals surface area contributed by atoms with Gasteiger partial charge in [-0.05, 0) is 55.4 Å². The summed E-state index contributed by atoms with van der Waals surface area (Å²) in [5.41, 5.74) is 1.39. The van der Waals surface area contributed by atoms with Gasteiger partial charge in [-0.2, -0.15) is 11.3 Å². The number of thiophene rings is 1. The molecule has 1 unspecified atom stereocenters. The van der Waals surface area contributed by atoms with Gasteiger partial charge in [0, 0.05) is 20.1 Å². The van der Waals surface area contributed by atoms with E-state index in [2.05, 4.69) is 58.4 Å². The van der Waals surface area contributed by atoms with Crippen LogP contribution in [0.1, 0.15) is 24.8 Å². The largest absolute Gasteiger partial charge is 0.356 e. The van der Waals surface area contributed by atoms with Crippen molar-refractivity contribution >= 4 is 41.3 Å². The fourth-order valence-electron chi connectivity index (χ4n) is 1.75. The van der Waals surface area contributed by atoms with Gasteiger partial charge in [0.05, 0.1) is 0 Å². The summed E-state index contributed by atoms with van der Waals surface area (Å²) < 4.78 is 0. The Morgan fingerprint density at radius 2 is 2.15 bits per heavy atom. The lowest BCUT2D eigenvalue weighted by Crippen LogP contribution is -2.40. The summed E-state index contributed by atoms with van der Waals surface area (Å²) >= 11 is 1.75. The summed E-state index contributed by atoms with van der Waals surface area (Å²) in [5.74, 6) is 1.40. The lowest BCUT2D eigenvalue weighted by Gasteiger charge is -2.16. The third-order valence-corrected chi connectivity index (χ3v) is 3.69. The van der Waals surface area contributed by atoms with Crippen LogP contribution in [0.3, 0.4) is 0 Å². The molecule has 0 fully saturated rings. The quantitative estimate of drug-likeness (QED) is 0.314. The number of halogens is 1. The smallest absolute Gasteiger partial charge is 0.190 e. The standard InChI is InChI=1S/C14H26N4S.HI/c1-12(13-6-9-19-11-13)10-17-14(15-2)16-7-5-8-18(3)4;/h6,9,11-12H,5,7-8,10H2,1-4H3,(H2,15,16,17);1H. The van der Waals surface area contributed by atoms with Gasteiger partial charge in [0.15, 0.2) is 5.96 Å². The van der Waals surface area contributed by atoms with Crippen molar-refractivity contribution < 1.29 is 0 Å². The molecule has 2 N–H and O–H groups in total. The maximum Gasteiger partial charge on any atom is 0.190 e. The zero-order chi connectivity index (χ0) is 14.1. The molecule has 4 nitrogen and oxygen atoms in total. The molecule has 0 saturated heterocycles. The van der Waals surface area contributed by atoms with Crippen LogP contribution in [0.2, 0.25) is 0 Å². The van der Waals surface area contributed by atoms with Crippen LogP contribution in [-0.4, -0.2) is 51.6 Å². The maximum atomic E-state index is 4.24. The van der Waals surface area contributed by atoms with Gasteiger partial charge >= 0.3 is 0 Å². The van der Waals surface area contributed by atoms with Gasteiger partial charge in [-0.15, -0.1) is 24.0 Å². The van der Waals surface area contributed by atoms with Crippen molar-refractivity contribution in [3.8, 4) is 0 Å². The highest BCUT2D eigenvalue weighted by molar-refractivity contribution is 14.0. The van der Waals surface area contributed by atoms with Crippen LogP contribution in [0.25, 0.3) is 0 Å². The molecular weight excluding hydrogens is 383 g/mol. The van der Waals surface area contributed by atoms with Crippen molar-refractivity contribution in [3.05, 3.63) is 22.4 Å². The first kappa shape index (κ1) is 19.7.